The highest BCUT2D eigenvalue weighted by atomic mass is 19.1. The summed E-state index contributed by atoms with van der Waals surface area (Å²) in [7, 11) is 0. The number of nitrogens with one attached hydrogen (secondary N) is 1. The molecule has 8 heteroatoms. The Morgan fingerprint density at radius 2 is 2.15 bits per heavy atom. The maximum absolute atomic E-state index is 13.9. The lowest BCUT2D eigenvalue weighted by Crippen LogP contribution is -2.23. The van der Waals surface area contributed by atoms with E-state index in [0.717, 1.165) is 26.1 Å². The van der Waals surface area contributed by atoms with Gasteiger partial charge in [0.15, 0.2) is 0 Å². The number of hydrogen-bond acceptors (Lipinski definition) is 5. The first-order valence-corrected chi connectivity index (χ1v) is 8.52. The number of hydrogen-bond donors (Lipinski definition) is 1. The van der Waals surface area contributed by atoms with E-state index >= 15 is 0 Å². The average molecular weight is 355 g/mol. The summed E-state index contributed by atoms with van der Waals surface area (Å²) in [6, 6.07) is 6.25. The molecule has 0 radical (unpaired) electrons. The Hall–Kier alpha value is -2.87. The molecular weight excluding hydrogens is 337 g/mol. The summed E-state index contributed by atoms with van der Waals surface area (Å²) >= 11 is 0. The van der Waals surface area contributed by atoms with Crippen LogP contribution < -0.4 is 5.32 Å². The second-order valence-electron chi connectivity index (χ2n) is 6.21. The average Bonchev–Trinajstić information content (AvgIpc) is 3.16. The van der Waals surface area contributed by atoms with Crippen molar-refractivity contribution in [3.63, 3.8) is 0 Å². The normalized spacial score (nSPS) is 15.3. The van der Waals surface area contributed by atoms with Crippen molar-refractivity contribution in [1.82, 2.24) is 25.3 Å². The molecule has 1 saturated heterocycles. The van der Waals surface area contributed by atoms with Crippen molar-refractivity contribution >= 4 is 16.8 Å². The molecule has 4 rings (SSSR count). The molecule has 26 heavy (non-hydrogen) atoms. The molecular formula is C18H18FN5O2. The van der Waals surface area contributed by atoms with E-state index < -0.39 is 5.82 Å². The molecule has 0 atom stereocenters. The predicted molar refractivity (Wildman–Crippen MR) is 92.0 cm³/mol. The van der Waals surface area contributed by atoms with Crippen LogP contribution in [0.2, 0.25) is 0 Å². The summed E-state index contributed by atoms with van der Waals surface area (Å²) in [5.74, 6) is -0.724. The molecule has 0 spiro atoms. The van der Waals surface area contributed by atoms with E-state index in [1.165, 1.54) is 18.3 Å². The number of halogens is 1. The number of fused-ring (bicyclic) bond motifs is 1. The Morgan fingerprint density at radius 3 is 3.00 bits per heavy atom. The van der Waals surface area contributed by atoms with Gasteiger partial charge in [0, 0.05) is 24.8 Å². The van der Waals surface area contributed by atoms with Crippen molar-refractivity contribution in [1.29, 1.82) is 0 Å². The third kappa shape index (κ3) is 3.28. The fraction of sp³-hybridized carbons (Fsp3) is 0.333. The van der Waals surface area contributed by atoms with Gasteiger partial charge in [-0.15, -0.1) is 5.10 Å². The standard InChI is InChI=1S/C18H18FN5O2/c19-16-4-3-15(17-14(16)2-1-7-20-17)18(25)21-10-12-11-24(23-22-12)13-5-8-26-9-6-13/h1-4,7,11,13H,5-6,8-10H2,(H,21,25). The molecule has 1 amide bonds. The van der Waals surface area contributed by atoms with Crippen molar-refractivity contribution in [2.75, 3.05) is 13.2 Å². The molecule has 1 aliphatic heterocycles. The molecule has 7 nitrogen and oxygen atoms in total. The smallest absolute Gasteiger partial charge is 0.253 e. The van der Waals surface area contributed by atoms with E-state index in [1.54, 1.807) is 12.1 Å². The maximum atomic E-state index is 13.9. The second-order valence-corrected chi connectivity index (χ2v) is 6.21. The molecule has 2 aromatic heterocycles. The van der Waals surface area contributed by atoms with E-state index in [9.17, 15) is 9.18 Å². The van der Waals surface area contributed by atoms with E-state index in [4.69, 9.17) is 4.74 Å². The summed E-state index contributed by atoms with van der Waals surface area (Å²) in [5.41, 5.74) is 1.35. The Labute approximate surface area is 149 Å². The highest BCUT2D eigenvalue weighted by Gasteiger charge is 2.18. The zero-order valence-corrected chi connectivity index (χ0v) is 14.1. The topological polar surface area (TPSA) is 81.9 Å². The largest absolute Gasteiger partial charge is 0.381 e. The zero-order chi connectivity index (χ0) is 17.9. The Kier molecular flexibility index (Phi) is 4.57. The number of pyridine rings is 1. The van der Waals surface area contributed by atoms with Crippen LogP contribution in [0.3, 0.4) is 0 Å². The molecule has 1 aliphatic rings. The van der Waals surface area contributed by atoms with Gasteiger partial charge in [0.2, 0.25) is 0 Å². The van der Waals surface area contributed by atoms with Crippen LogP contribution in [0.15, 0.2) is 36.7 Å². The number of carbonyl (C=O) groups excluding carboxylic acids is 1. The van der Waals surface area contributed by atoms with E-state index in [1.807, 2.05) is 10.9 Å². The fourth-order valence-corrected chi connectivity index (χ4v) is 3.11. The zero-order valence-electron chi connectivity index (χ0n) is 14.1. The lowest BCUT2D eigenvalue weighted by molar-refractivity contribution is 0.0657. The van der Waals surface area contributed by atoms with Gasteiger partial charge < -0.3 is 10.1 Å². The Bertz CT molecular complexity index is 936. The van der Waals surface area contributed by atoms with Crippen molar-refractivity contribution in [3.8, 4) is 0 Å². The van der Waals surface area contributed by atoms with Gasteiger partial charge in [0.05, 0.1) is 29.9 Å². The minimum Gasteiger partial charge on any atom is -0.381 e. The van der Waals surface area contributed by atoms with Gasteiger partial charge in [0.1, 0.15) is 11.5 Å². The van der Waals surface area contributed by atoms with Crippen LogP contribution in [0.5, 0.6) is 0 Å². The maximum Gasteiger partial charge on any atom is 0.253 e. The fourth-order valence-electron chi connectivity index (χ4n) is 3.11. The number of nitrogens with zero attached hydrogens (tertiary/aromatic N) is 4. The summed E-state index contributed by atoms with van der Waals surface area (Å²) in [5, 5.41) is 11.4. The molecule has 134 valence electrons. The minimum atomic E-state index is -0.399. The molecule has 0 aliphatic carbocycles. The SMILES string of the molecule is O=C(NCc1cn(C2CCOCC2)nn1)c1ccc(F)c2cccnc12. The quantitative estimate of drug-likeness (QED) is 0.776. The minimum absolute atomic E-state index is 0.244. The van der Waals surface area contributed by atoms with Crippen LogP contribution in [-0.2, 0) is 11.3 Å². The molecule has 1 fully saturated rings. The first-order chi connectivity index (χ1) is 12.7. The summed E-state index contributed by atoms with van der Waals surface area (Å²) < 4.78 is 21.0. The van der Waals surface area contributed by atoms with E-state index in [2.05, 4.69) is 20.6 Å². The van der Waals surface area contributed by atoms with Gasteiger partial charge in [0.25, 0.3) is 5.91 Å². The third-order valence-corrected chi connectivity index (χ3v) is 4.51. The van der Waals surface area contributed by atoms with Crippen molar-refractivity contribution in [3.05, 3.63) is 53.7 Å². The summed E-state index contributed by atoms with van der Waals surface area (Å²) in [6.45, 7) is 1.69. The number of ether oxygens (including phenoxy) is 1. The molecule has 3 heterocycles. The number of benzene rings is 1. The molecule has 0 bridgehead atoms. The highest BCUT2D eigenvalue weighted by Crippen LogP contribution is 2.21. The lowest BCUT2D eigenvalue weighted by Gasteiger charge is -2.21. The van der Waals surface area contributed by atoms with Crippen molar-refractivity contribution < 1.29 is 13.9 Å². The van der Waals surface area contributed by atoms with Gasteiger partial charge >= 0.3 is 0 Å². The number of carbonyl (C=O) groups is 1. The third-order valence-electron chi connectivity index (χ3n) is 4.51. The first kappa shape index (κ1) is 16.6. The lowest BCUT2D eigenvalue weighted by atomic mass is 10.1. The van der Waals surface area contributed by atoms with Gasteiger partial charge in [-0.25, -0.2) is 9.07 Å². The van der Waals surface area contributed by atoms with Crippen molar-refractivity contribution in [2.24, 2.45) is 0 Å². The van der Waals surface area contributed by atoms with E-state index in [0.29, 0.717) is 22.2 Å². The molecule has 0 saturated carbocycles. The Morgan fingerprint density at radius 1 is 1.31 bits per heavy atom. The number of rotatable bonds is 4. The number of aromatic nitrogens is 4. The molecule has 3 aromatic rings. The Balaban J connectivity index is 1.46. The van der Waals surface area contributed by atoms with Crippen LogP contribution in [0.1, 0.15) is 34.9 Å². The van der Waals surface area contributed by atoms with E-state index in [-0.39, 0.29) is 18.5 Å². The predicted octanol–water partition coefficient (Wildman–Crippen LogP) is 2.25. The summed E-state index contributed by atoms with van der Waals surface area (Å²) in [4.78, 5) is 16.6. The van der Waals surface area contributed by atoms with Gasteiger partial charge in [-0.1, -0.05) is 5.21 Å². The monoisotopic (exact) mass is 355 g/mol. The van der Waals surface area contributed by atoms with Gasteiger partial charge in [-0.2, -0.15) is 0 Å². The summed E-state index contributed by atoms with van der Waals surface area (Å²) in [6.07, 6.45) is 5.19. The number of amides is 1. The second kappa shape index (κ2) is 7.17. The van der Waals surface area contributed by atoms with Crippen LogP contribution >= 0.6 is 0 Å². The van der Waals surface area contributed by atoms with Crippen LogP contribution in [0, 0.1) is 5.82 Å². The van der Waals surface area contributed by atoms with Crippen LogP contribution in [-0.4, -0.2) is 39.1 Å². The highest BCUT2D eigenvalue weighted by molar-refractivity contribution is 6.05. The van der Waals surface area contributed by atoms with Gasteiger partial charge in [-0.3, -0.25) is 9.78 Å². The first-order valence-electron chi connectivity index (χ1n) is 8.52. The molecule has 1 N–H and O–H groups in total. The van der Waals surface area contributed by atoms with Crippen LogP contribution in [0.4, 0.5) is 4.39 Å². The van der Waals surface area contributed by atoms with Crippen LogP contribution in [0.25, 0.3) is 10.9 Å². The molecule has 0 unspecified atom stereocenters. The van der Waals surface area contributed by atoms with Crippen molar-refractivity contribution in [2.45, 2.75) is 25.4 Å². The van der Waals surface area contributed by atoms with Gasteiger partial charge in [-0.05, 0) is 37.1 Å². The molecule has 1 aromatic carbocycles.